The van der Waals surface area contributed by atoms with Crippen LogP contribution < -0.4 is 0 Å². The number of aliphatic hydroxyl groups is 1. The zero-order valence-corrected chi connectivity index (χ0v) is 16.3. The number of aliphatic hydroxyl groups excluding tert-OH is 1. The van der Waals surface area contributed by atoms with E-state index in [1.807, 2.05) is 0 Å². The molecule has 0 spiro atoms. The van der Waals surface area contributed by atoms with E-state index in [0.29, 0.717) is 0 Å². The average molecular weight is 489 g/mol. The molecule has 27 heavy (non-hydrogen) atoms. The Kier molecular flexibility index (Phi) is 6.63. The van der Waals surface area contributed by atoms with Crippen LogP contribution in [0.25, 0.3) is 5.76 Å². The van der Waals surface area contributed by atoms with Crippen LogP contribution in [0.15, 0.2) is 54.1 Å². The van der Waals surface area contributed by atoms with Crippen LogP contribution in [0.3, 0.4) is 0 Å². The number of hydrogen-bond donors (Lipinski definition) is 2. The van der Waals surface area contributed by atoms with E-state index in [1.54, 1.807) is 12.1 Å². The Morgan fingerprint density at radius 3 is 2.30 bits per heavy atom. The van der Waals surface area contributed by atoms with Gasteiger partial charge in [0.25, 0.3) is 0 Å². The molecule has 8 heteroatoms. The number of nitrogens with one attached hydrogen (secondary N) is 1. The molecule has 4 nitrogen and oxygen atoms in total. The van der Waals surface area contributed by atoms with Crippen LogP contribution in [-0.4, -0.2) is 23.4 Å². The van der Waals surface area contributed by atoms with Crippen LogP contribution in [-0.2, 0) is 15.7 Å². The lowest BCUT2D eigenvalue weighted by atomic mass is 9.96. The van der Waals surface area contributed by atoms with Crippen LogP contribution in [0.2, 0.25) is 0 Å². The zero-order valence-electron chi connectivity index (χ0n) is 14.1. The smallest absolute Gasteiger partial charge is 0.417 e. The molecule has 2 rings (SSSR count). The summed E-state index contributed by atoms with van der Waals surface area (Å²) in [6.07, 6.45) is -4.74. The van der Waals surface area contributed by atoms with E-state index in [1.165, 1.54) is 31.2 Å². The summed E-state index contributed by atoms with van der Waals surface area (Å²) in [7, 11) is 0. The van der Waals surface area contributed by atoms with Crippen molar-refractivity contribution < 1.29 is 27.8 Å². The minimum absolute atomic E-state index is 0.0590. The Morgan fingerprint density at radius 2 is 1.74 bits per heavy atom. The second kappa shape index (κ2) is 8.55. The van der Waals surface area contributed by atoms with Crippen LogP contribution in [0.5, 0.6) is 0 Å². The number of esters is 1. The van der Waals surface area contributed by atoms with Gasteiger partial charge < -0.3 is 9.84 Å². The Balaban J connectivity index is 2.68. The predicted molar refractivity (Wildman–Crippen MR) is 104 cm³/mol. The number of hydrogen-bond acceptors (Lipinski definition) is 4. The van der Waals surface area contributed by atoms with Crippen molar-refractivity contribution in [3.8, 4) is 0 Å². The van der Waals surface area contributed by atoms with Gasteiger partial charge in [-0.1, -0.05) is 30.3 Å². The van der Waals surface area contributed by atoms with Gasteiger partial charge in [-0.15, -0.1) is 0 Å². The number of alkyl halides is 3. The third-order valence-electron chi connectivity index (χ3n) is 3.59. The zero-order chi connectivity index (χ0) is 20.2. The van der Waals surface area contributed by atoms with Gasteiger partial charge in [-0.2, -0.15) is 13.2 Å². The molecule has 0 bridgehead atoms. The first-order chi connectivity index (χ1) is 12.7. The van der Waals surface area contributed by atoms with E-state index in [2.05, 4.69) is 22.6 Å². The number of carbonyl (C=O) groups excluding carboxylic acids is 1. The summed E-state index contributed by atoms with van der Waals surface area (Å²) in [5.41, 5.74) is -2.51. The van der Waals surface area contributed by atoms with Crippen molar-refractivity contribution in [2.75, 3.05) is 6.61 Å². The maximum Gasteiger partial charge on any atom is 0.417 e. The fourth-order valence-electron chi connectivity index (χ4n) is 2.35. The van der Waals surface area contributed by atoms with E-state index >= 15 is 0 Å². The number of ether oxygens (including phenoxy) is 1. The van der Waals surface area contributed by atoms with Gasteiger partial charge in [0, 0.05) is 14.7 Å². The molecule has 0 radical (unpaired) electrons. The molecule has 142 valence electrons. The monoisotopic (exact) mass is 489 g/mol. The summed E-state index contributed by atoms with van der Waals surface area (Å²) < 4.78 is 45.6. The summed E-state index contributed by atoms with van der Waals surface area (Å²) >= 11 is 2.05. The van der Waals surface area contributed by atoms with Gasteiger partial charge in [-0.3, -0.25) is 5.41 Å². The van der Waals surface area contributed by atoms with Crippen molar-refractivity contribution in [1.29, 1.82) is 5.41 Å². The van der Waals surface area contributed by atoms with Crippen molar-refractivity contribution in [2.45, 2.75) is 13.1 Å². The second-order valence-electron chi connectivity index (χ2n) is 5.37. The normalized spacial score (nSPS) is 12.3. The van der Waals surface area contributed by atoms with Crippen molar-refractivity contribution in [3.05, 3.63) is 74.4 Å². The molecule has 0 aliphatic carbocycles. The van der Waals surface area contributed by atoms with Crippen molar-refractivity contribution in [1.82, 2.24) is 0 Å². The quantitative estimate of drug-likeness (QED) is 0.199. The minimum atomic E-state index is -4.74. The van der Waals surface area contributed by atoms with Crippen molar-refractivity contribution in [3.63, 3.8) is 0 Å². The molecule has 2 aromatic carbocycles. The fraction of sp³-hybridized carbons (Fsp3) is 0.158. The van der Waals surface area contributed by atoms with E-state index in [4.69, 9.17) is 10.1 Å². The summed E-state index contributed by atoms with van der Waals surface area (Å²) in [4.78, 5) is 12.3. The Hall–Kier alpha value is -2.36. The number of halogens is 4. The second-order valence-corrected chi connectivity index (χ2v) is 6.61. The molecule has 0 aromatic heterocycles. The number of rotatable bonds is 5. The maximum absolute atomic E-state index is 13.3. The molecular formula is C19H15F3INO3. The Bertz CT molecular complexity index is 890. The molecule has 0 atom stereocenters. The molecular weight excluding hydrogens is 474 g/mol. The predicted octanol–water partition coefficient (Wildman–Crippen LogP) is 5.21. The lowest BCUT2D eigenvalue weighted by Crippen LogP contribution is -2.19. The number of benzene rings is 2. The van der Waals surface area contributed by atoms with E-state index in [9.17, 15) is 23.1 Å². The van der Waals surface area contributed by atoms with Gasteiger partial charge in [0.15, 0.2) is 0 Å². The third kappa shape index (κ3) is 4.88. The molecule has 0 heterocycles. The van der Waals surface area contributed by atoms with Crippen LogP contribution >= 0.6 is 22.6 Å². The van der Waals surface area contributed by atoms with E-state index in [0.717, 1.165) is 15.7 Å². The summed E-state index contributed by atoms with van der Waals surface area (Å²) in [5.74, 6) is -2.03. The van der Waals surface area contributed by atoms with Gasteiger partial charge >= 0.3 is 12.1 Å². The van der Waals surface area contributed by atoms with Crippen LogP contribution in [0.1, 0.15) is 23.6 Å². The molecule has 0 saturated heterocycles. The molecule has 0 fully saturated rings. The average Bonchev–Trinajstić information content (AvgIpc) is 2.62. The highest BCUT2D eigenvalue weighted by Crippen LogP contribution is 2.35. The SMILES string of the molecule is CCOC(=O)C(C(=N)c1ccc(I)cc1)=C(O)c1ccccc1C(F)(F)F. The first-order valence-corrected chi connectivity index (χ1v) is 8.86. The van der Waals surface area contributed by atoms with Crippen LogP contribution in [0, 0.1) is 8.98 Å². The van der Waals surface area contributed by atoms with Crippen molar-refractivity contribution in [2.24, 2.45) is 0 Å². The Labute approximate surface area is 167 Å². The topological polar surface area (TPSA) is 70.4 Å². The third-order valence-corrected chi connectivity index (χ3v) is 4.31. The molecule has 0 unspecified atom stereocenters. The van der Waals surface area contributed by atoms with Gasteiger partial charge in [0.05, 0.1) is 17.9 Å². The first-order valence-electron chi connectivity index (χ1n) is 7.78. The van der Waals surface area contributed by atoms with Gasteiger partial charge in [0.1, 0.15) is 11.3 Å². The summed E-state index contributed by atoms with van der Waals surface area (Å²) in [6.45, 7) is 1.46. The summed E-state index contributed by atoms with van der Waals surface area (Å²) in [5, 5.41) is 18.8. The van der Waals surface area contributed by atoms with Gasteiger partial charge in [0.2, 0.25) is 0 Å². The fourth-order valence-corrected chi connectivity index (χ4v) is 2.71. The minimum Gasteiger partial charge on any atom is -0.506 e. The molecule has 2 aromatic rings. The molecule has 0 saturated carbocycles. The lowest BCUT2D eigenvalue weighted by Gasteiger charge is -2.16. The van der Waals surface area contributed by atoms with Crippen LogP contribution in [0.4, 0.5) is 13.2 Å². The van der Waals surface area contributed by atoms with E-state index in [-0.39, 0.29) is 12.2 Å². The maximum atomic E-state index is 13.3. The molecule has 2 N–H and O–H groups in total. The lowest BCUT2D eigenvalue weighted by molar-refractivity contribution is -0.139. The highest BCUT2D eigenvalue weighted by Gasteiger charge is 2.35. The number of carbonyl (C=O) groups is 1. The molecule has 0 amide bonds. The van der Waals surface area contributed by atoms with Gasteiger partial charge in [-0.25, -0.2) is 4.79 Å². The largest absolute Gasteiger partial charge is 0.506 e. The van der Waals surface area contributed by atoms with Crippen molar-refractivity contribution >= 4 is 40.0 Å². The molecule has 0 aliphatic heterocycles. The standard InChI is InChI=1S/C19H15F3INO3/c1-2-27-18(26)15(16(24)11-7-9-12(23)10-8-11)17(25)13-5-3-4-6-14(13)19(20,21)22/h3-10,24-25H,2H2,1H3. The Morgan fingerprint density at radius 1 is 1.15 bits per heavy atom. The highest BCUT2D eigenvalue weighted by atomic mass is 127. The summed E-state index contributed by atoms with van der Waals surface area (Å²) in [6, 6.07) is 10.7. The first kappa shape index (κ1) is 20.9. The molecule has 0 aliphatic rings. The van der Waals surface area contributed by atoms with E-state index < -0.39 is 40.3 Å². The highest BCUT2D eigenvalue weighted by molar-refractivity contribution is 14.1. The van der Waals surface area contributed by atoms with Gasteiger partial charge in [-0.05, 0) is 47.7 Å².